The van der Waals surface area contributed by atoms with Gasteiger partial charge in [0.25, 0.3) is 0 Å². The van der Waals surface area contributed by atoms with E-state index in [1.807, 2.05) is 0 Å². The Bertz CT molecular complexity index is 727. The zero-order chi connectivity index (χ0) is 17.3. The second kappa shape index (κ2) is 11.1. The maximum absolute atomic E-state index is 3.12. The SMILES string of the molecule is CC1=[C-]CC=C1.[Au+].c1ccc(P(c2ccccc2)c2ccccc2)cc1. The molecule has 3 aromatic carbocycles. The van der Waals surface area contributed by atoms with E-state index in [0.29, 0.717) is 0 Å². The molecule has 0 aliphatic heterocycles. The van der Waals surface area contributed by atoms with E-state index >= 15 is 0 Å². The molecule has 0 heterocycles. The number of hydrogen-bond donors (Lipinski definition) is 0. The monoisotopic (exact) mass is 538 g/mol. The van der Waals surface area contributed by atoms with Crippen molar-refractivity contribution in [2.45, 2.75) is 13.3 Å². The van der Waals surface area contributed by atoms with Crippen molar-refractivity contribution in [3.05, 3.63) is 115 Å². The van der Waals surface area contributed by atoms with Crippen LogP contribution in [0.15, 0.2) is 109 Å². The maximum atomic E-state index is 3.12. The molecule has 26 heavy (non-hydrogen) atoms. The van der Waals surface area contributed by atoms with Crippen LogP contribution >= 0.6 is 7.92 Å². The van der Waals surface area contributed by atoms with Crippen molar-refractivity contribution in [1.82, 2.24) is 0 Å². The molecular formula is C24H22AuP. The van der Waals surface area contributed by atoms with Gasteiger partial charge in [0, 0.05) is 0 Å². The second-order valence-electron chi connectivity index (χ2n) is 5.81. The van der Waals surface area contributed by atoms with Crippen molar-refractivity contribution in [2.75, 3.05) is 0 Å². The summed E-state index contributed by atoms with van der Waals surface area (Å²) in [6, 6.07) is 32.3. The fourth-order valence-corrected chi connectivity index (χ4v) is 5.00. The smallest absolute Gasteiger partial charge is 0.270 e. The molecule has 3 aromatic rings. The van der Waals surface area contributed by atoms with Crippen LogP contribution in [-0.4, -0.2) is 0 Å². The summed E-state index contributed by atoms with van der Waals surface area (Å²) >= 11 is 0. The molecule has 0 N–H and O–H groups in total. The molecule has 0 nitrogen and oxygen atoms in total. The predicted molar refractivity (Wildman–Crippen MR) is 111 cm³/mol. The summed E-state index contributed by atoms with van der Waals surface area (Å²) in [6.07, 6.45) is 8.33. The van der Waals surface area contributed by atoms with Gasteiger partial charge in [0.15, 0.2) is 0 Å². The topological polar surface area (TPSA) is 0 Å². The summed E-state index contributed by atoms with van der Waals surface area (Å²) < 4.78 is 0. The van der Waals surface area contributed by atoms with Gasteiger partial charge in [0.1, 0.15) is 0 Å². The minimum atomic E-state index is -0.446. The molecule has 2 heteroatoms. The van der Waals surface area contributed by atoms with Crippen LogP contribution in [0.5, 0.6) is 0 Å². The average Bonchev–Trinajstić information content (AvgIpc) is 3.16. The Kier molecular flexibility index (Phi) is 8.81. The summed E-state index contributed by atoms with van der Waals surface area (Å²) in [5, 5.41) is 4.19. The van der Waals surface area contributed by atoms with E-state index in [1.54, 1.807) is 0 Å². The second-order valence-corrected chi connectivity index (χ2v) is 8.03. The Labute approximate surface area is 173 Å². The third kappa shape index (κ3) is 5.94. The Hall–Kier alpha value is -1.69. The van der Waals surface area contributed by atoms with Crippen molar-refractivity contribution >= 4 is 23.8 Å². The third-order valence-electron chi connectivity index (χ3n) is 3.91. The number of benzene rings is 3. The van der Waals surface area contributed by atoms with E-state index in [9.17, 15) is 0 Å². The first-order valence-corrected chi connectivity index (χ1v) is 9.88. The summed E-state index contributed by atoms with van der Waals surface area (Å²) in [5.41, 5.74) is 1.27. The van der Waals surface area contributed by atoms with E-state index in [0.717, 1.165) is 6.42 Å². The van der Waals surface area contributed by atoms with Crippen LogP contribution in [-0.2, 0) is 22.4 Å². The van der Waals surface area contributed by atoms with Gasteiger partial charge in [-0.05, 0) is 23.8 Å². The number of allylic oxidation sites excluding steroid dienone is 4. The predicted octanol–water partition coefficient (Wildman–Crippen LogP) is 5.14. The van der Waals surface area contributed by atoms with Crippen LogP contribution in [0.1, 0.15) is 13.3 Å². The van der Waals surface area contributed by atoms with Crippen molar-refractivity contribution in [3.8, 4) is 0 Å². The minimum Gasteiger partial charge on any atom is -0.270 e. The fourth-order valence-electron chi connectivity index (χ4n) is 2.69. The van der Waals surface area contributed by atoms with E-state index < -0.39 is 7.92 Å². The van der Waals surface area contributed by atoms with Crippen molar-refractivity contribution in [2.24, 2.45) is 0 Å². The molecule has 0 saturated carbocycles. The molecular weight excluding hydrogens is 516 g/mol. The molecule has 134 valence electrons. The Morgan fingerprint density at radius 1 is 0.654 bits per heavy atom. The van der Waals surface area contributed by atoms with Crippen LogP contribution in [0.4, 0.5) is 0 Å². The summed E-state index contributed by atoms with van der Waals surface area (Å²) in [5.74, 6) is 0. The van der Waals surface area contributed by atoms with Crippen LogP contribution < -0.4 is 15.9 Å². The summed E-state index contributed by atoms with van der Waals surface area (Å²) in [7, 11) is -0.446. The van der Waals surface area contributed by atoms with E-state index in [1.165, 1.54) is 21.5 Å². The van der Waals surface area contributed by atoms with Crippen molar-refractivity contribution in [3.63, 3.8) is 0 Å². The van der Waals surface area contributed by atoms with Gasteiger partial charge in [-0.3, -0.25) is 6.08 Å². The molecule has 1 aliphatic carbocycles. The van der Waals surface area contributed by atoms with E-state index in [4.69, 9.17) is 0 Å². The number of rotatable bonds is 3. The largest absolute Gasteiger partial charge is 1.00 e. The fraction of sp³-hybridized carbons (Fsp3) is 0.0833. The van der Waals surface area contributed by atoms with Crippen LogP contribution in [0.3, 0.4) is 0 Å². The van der Waals surface area contributed by atoms with Gasteiger partial charge in [0.2, 0.25) is 0 Å². The van der Waals surface area contributed by atoms with E-state index in [2.05, 4.69) is 116 Å². The van der Waals surface area contributed by atoms with Crippen molar-refractivity contribution < 1.29 is 22.4 Å². The normalized spacial score (nSPS) is 12.0. The molecule has 0 unspecified atom stereocenters. The Morgan fingerprint density at radius 3 is 1.27 bits per heavy atom. The first-order valence-electron chi connectivity index (χ1n) is 8.54. The third-order valence-corrected chi connectivity index (χ3v) is 6.35. The first kappa shape index (κ1) is 20.6. The van der Waals surface area contributed by atoms with Gasteiger partial charge < -0.3 is 0 Å². The van der Waals surface area contributed by atoms with Gasteiger partial charge >= 0.3 is 22.4 Å². The van der Waals surface area contributed by atoms with E-state index in [-0.39, 0.29) is 22.4 Å². The minimum absolute atomic E-state index is 0. The van der Waals surface area contributed by atoms with Crippen molar-refractivity contribution in [1.29, 1.82) is 0 Å². The molecule has 0 aromatic heterocycles. The zero-order valence-electron chi connectivity index (χ0n) is 14.8. The molecule has 0 saturated heterocycles. The van der Waals surface area contributed by atoms with Crippen LogP contribution in [0.25, 0.3) is 0 Å². The molecule has 0 bridgehead atoms. The number of hydrogen-bond acceptors (Lipinski definition) is 0. The summed E-state index contributed by atoms with van der Waals surface area (Å²) in [4.78, 5) is 0. The molecule has 0 atom stereocenters. The van der Waals surface area contributed by atoms with Gasteiger partial charge in [-0.1, -0.05) is 97.9 Å². The first-order chi connectivity index (χ1) is 12.3. The molecule has 0 amide bonds. The molecule has 0 fully saturated rings. The van der Waals surface area contributed by atoms with Crippen LogP contribution in [0, 0.1) is 6.08 Å². The quantitative estimate of drug-likeness (QED) is 0.246. The Balaban J connectivity index is 0.000000297. The van der Waals surface area contributed by atoms with Gasteiger partial charge in [-0.2, -0.15) is 6.08 Å². The molecule has 0 spiro atoms. The standard InChI is InChI=1S/C18H15P.C6H7.Au/c1-4-10-16(11-5-1)19(17-12-6-2-7-13-17)18-14-8-3-9-15-18;1-6-4-2-3-5-6;/h1-15H;2,4H,3H2,1H3;/q;-1;+1. The molecule has 4 rings (SSSR count). The Morgan fingerprint density at radius 2 is 1.04 bits per heavy atom. The van der Waals surface area contributed by atoms with Crippen LogP contribution in [0.2, 0.25) is 0 Å². The van der Waals surface area contributed by atoms with Gasteiger partial charge in [-0.15, -0.1) is 6.42 Å². The average molecular weight is 538 g/mol. The van der Waals surface area contributed by atoms with Gasteiger partial charge in [0.05, 0.1) is 0 Å². The molecule has 1 aliphatic rings. The molecule has 0 radical (unpaired) electrons. The zero-order valence-corrected chi connectivity index (χ0v) is 17.8. The summed E-state index contributed by atoms with van der Waals surface area (Å²) in [6.45, 7) is 2.06. The maximum Gasteiger partial charge on any atom is 1.00 e. The van der Waals surface area contributed by atoms with Gasteiger partial charge in [-0.25, -0.2) is 11.6 Å².